The largest absolute Gasteiger partial charge is 0.462 e. The minimum Gasteiger partial charge on any atom is -0.462 e. The second-order valence-electron chi connectivity index (χ2n) is 5.75. The molecule has 0 saturated carbocycles. The molecule has 1 heterocycles. The molecule has 0 spiro atoms. The molecule has 0 aliphatic carbocycles. The zero-order valence-corrected chi connectivity index (χ0v) is 15.9. The van der Waals surface area contributed by atoms with Gasteiger partial charge in [-0.15, -0.1) is 0 Å². The summed E-state index contributed by atoms with van der Waals surface area (Å²) in [7, 11) is 0. The van der Waals surface area contributed by atoms with Gasteiger partial charge in [-0.3, -0.25) is 4.98 Å². The maximum atomic E-state index is 13.0. The molecule has 0 unspecified atom stereocenters. The Hall–Kier alpha value is -2.51. The summed E-state index contributed by atoms with van der Waals surface area (Å²) in [6.45, 7) is 1.77. The third-order valence-electron chi connectivity index (χ3n) is 3.88. The second kappa shape index (κ2) is 7.85. The molecular formula is C19H13Cl2F3N2O2. The Balaban J connectivity index is 2.21. The third-order valence-corrected chi connectivity index (χ3v) is 4.44. The van der Waals surface area contributed by atoms with Crippen molar-refractivity contribution >= 4 is 51.4 Å². The first kappa shape index (κ1) is 20.2. The fourth-order valence-electron chi connectivity index (χ4n) is 2.60. The number of esters is 1. The van der Waals surface area contributed by atoms with Crippen molar-refractivity contribution in [3.63, 3.8) is 0 Å². The van der Waals surface area contributed by atoms with Crippen molar-refractivity contribution < 1.29 is 22.7 Å². The number of pyridine rings is 1. The molecule has 1 N–H and O–H groups in total. The lowest BCUT2D eigenvalue weighted by Gasteiger charge is -2.16. The van der Waals surface area contributed by atoms with E-state index in [-0.39, 0.29) is 23.4 Å². The van der Waals surface area contributed by atoms with Crippen LogP contribution in [0.2, 0.25) is 10.0 Å². The number of carbonyl (C=O) groups excluding carboxylic acids is 1. The predicted octanol–water partition coefficient (Wildman–Crippen LogP) is 6.48. The van der Waals surface area contributed by atoms with Crippen LogP contribution in [0.1, 0.15) is 22.8 Å². The number of rotatable bonds is 4. The van der Waals surface area contributed by atoms with Crippen molar-refractivity contribution in [2.24, 2.45) is 0 Å². The van der Waals surface area contributed by atoms with E-state index in [9.17, 15) is 18.0 Å². The summed E-state index contributed by atoms with van der Waals surface area (Å²) < 4.78 is 44.1. The highest BCUT2D eigenvalue weighted by atomic mass is 35.5. The molecule has 146 valence electrons. The van der Waals surface area contributed by atoms with Gasteiger partial charge in [-0.2, -0.15) is 13.2 Å². The molecule has 0 fully saturated rings. The second-order valence-corrected chi connectivity index (χ2v) is 6.59. The van der Waals surface area contributed by atoms with E-state index in [1.54, 1.807) is 19.1 Å². The van der Waals surface area contributed by atoms with E-state index in [1.807, 2.05) is 0 Å². The molecule has 1 aromatic heterocycles. The molecule has 0 aliphatic rings. The highest BCUT2D eigenvalue weighted by molar-refractivity contribution is 6.35. The lowest BCUT2D eigenvalue weighted by molar-refractivity contribution is -0.137. The molecule has 0 radical (unpaired) electrons. The Morgan fingerprint density at radius 1 is 1.18 bits per heavy atom. The van der Waals surface area contributed by atoms with E-state index < -0.39 is 17.7 Å². The van der Waals surface area contributed by atoms with Crippen LogP contribution in [0.15, 0.2) is 42.6 Å². The fourth-order valence-corrected chi connectivity index (χ4v) is 2.93. The van der Waals surface area contributed by atoms with E-state index >= 15 is 0 Å². The summed E-state index contributed by atoms with van der Waals surface area (Å²) in [6, 6.07) is 7.76. The first-order valence-corrected chi connectivity index (χ1v) is 8.85. The summed E-state index contributed by atoms with van der Waals surface area (Å²) in [6.07, 6.45) is -3.35. The maximum absolute atomic E-state index is 13.0. The average Bonchev–Trinajstić information content (AvgIpc) is 2.63. The molecule has 3 rings (SSSR count). The predicted molar refractivity (Wildman–Crippen MR) is 102 cm³/mol. The molecular weight excluding hydrogens is 416 g/mol. The molecule has 9 heteroatoms. The van der Waals surface area contributed by atoms with Crippen molar-refractivity contribution in [1.29, 1.82) is 0 Å². The lowest BCUT2D eigenvalue weighted by atomic mass is 10.1. The quantitative estimate of drug-likeness (QED) is 0.483. The molecule has 0 bridgehead atoms. The highest BCUT2D eigenvalue weighted by Gasteiger charge is 2.31. The molecule has 0 atom stereocenters. The van der Waals surface area contributed by atoms with Gasteiger partial charge in [-0.05, 0) is 37.3 Å². The van der Waals surface area contributed by atoms with Crippen LogP contribution < -0.4 is 5.32 Å². The molecule has 2 aromatic carbocycles. The highest BCUT2D eigenvalue weighted by Crippen LogP contribution is 2.36. The Kier molecular flexibility index (Phi) is 5.67. The molecule has 28 heavy (non-hydrogen) atoms. The normalized spacial score (nSPS) is 11.5. The summed E-state index contributed by atoms with van der Waals surface area (Å²) in [5.41, 5.74) is -0.120. The molecule has 0 saturated heterocycles. The van der Waals surface area contributed by atoms with Gasteiger partial charge in [0.2, 0.25) is 0 Å². The van der Waals surface area contributed by atoms with Gasteiger partial charge >= 0.3 is 12.1 Å². The summed E-state index contributed by atoms with van der Waals surface area (Å²) in [4.78, 5) is 16.3. The number of aromatic nitrogens is 1. The number of benzene rings is 2. The zero-order valence-electron chi connectivity index (χ0n) is 14.4. The molecule has 4 nitrogen and oxygen atoms in total. The van der Waals surface area contributed by atoms with Crippen LogP contribution in [-0.2, 0) is 10.9 Å². The van der Waals surface area contributed by atoms with E-state index in [0.717, 1.165) is 12.1 Å². The number of alkyl halides is 3. The van der Waals surface area contributed by atoms with Crippen LogP contribution in [0.3, 0.4) is 0 Å². The molecule has 0 aliphatic heterocycles. The van der Waals surface area contributed by atoms with Gasteiger partial charge in [0.05, 0.1) is 34.1 Å². The summed E-state index contributed by atoms with van der Waals surface area (Å²) in [5, 5.41) is 3.99. The van der Waals surface area contributed by atoms with Gasteiger partial charge < -0.3 is 10.1 Å². The minimum absolute atomic E-state index is 0.0588. The fraction of sp³-hybridized carbons (Fsp3) is 0.158. The zero-order chi connectivity index (χ0) is 20.5. The average molecular weight is 429 g/mol. The number of hydrogen-bond acceptors (Lipinski definition) is 4. The third kappa shape index (κ3) is 4.15. The monoisotopic (exact) mass is 428 g/mol. The van der Waals surface area contributed by atoms with E-state index in [4.69, 9.17) is 27.9 Å². The molecule has 0 amide bonds. The van der Waals surface area contributed by atoms with Gasteiger partial charge in [-0.25, -0.2) is 4.79 Å². The van der Waals surface area contributed by atoms with Crippen LogP contribution in [0, 0.1) is 0 Å². The van der Waals surface area contributed by atoms with Crippen molar-refractivity contribution in [3.05, 3.63) is 63.8 Å². The molecule has 3 aromatic rings. The number of nitrogens with zero attached hydrogens (tertiary/aromatic N) is 1. The van der Waals surface area contributed by atoms with Gasteiger partial charge in [0.15, 0.2) is 0 Å². The first-order valence-electron chi connectivity index (χ1n) is 8.10. The van der Waals surface area contributed by atoms with Crippen LogP contribution >= 0.6 is 23.2 Å². The minimum atomic E-state index is -4.51. The summed E-state index contributed by atoms with van der Waals surface area (Å²) in [5.74, 6) is -0.669. The Labute approximate surface area is 168 Å². The van der Waals surface area contributed by atoms with Gasteiger partial charge in [-0.1, -0.05) is 29.3 Å². The number of fused-ring (bicyclic) bond motifs is 1. The van der Waals surface area contributed by atoms with Crippen molar-refractivity contribution in [2.45, 2.75) is 13.1 Å². The van der Waals surface area contributed by atoms with Crippen LogP contribution in [-0.4, -0.2) is 17.6 Å². The SMILES string of the molecule is CCOC(=O)c1cnc2cc(C(F)(F)F)ccc2c1Nc1cc(Cl)ccc1Cl. The Bertz CT molecular complexity index is 1060. The van der Waals surface area contributed by atoms with Gasteiger partial charge in [0, 0.05) is 16.6 Å². The lowest BCUT2D eigenvalue weighted by Crippen LogP contribution is -2.10. The number of nitrogens with one attached hydrogen (secondary N) is 1. The number of anilines is 2. The first-order chi connectivity index (χ1) is 13.2. The number of carbonyl (C=O) groups is 1. The standard InChI is InChI=1S/C19H13Cl2F3N2O2/c1-2-28-18(27)13-9-25-15-7-10(19(22,23)24)3-5-12(15)17(13)26-16-8-11(20)4-6-14(16)21/h3-9H,2H2,1H3,(H,25,26). The Morgan fingerprint density at radius 3 is 2.61 bits per heavy atom. The van der Waals surface area contributed by atoms with Gasteiger partial charge in [0.25, 0.3) is 0 Å². The topological polar surface area (TPSA) is 51.2 Å². The van der Waals surface area contributed by atoms with Crippen LogP contribution in [0.4, 0.5) is 24.5 Å². The van der Waals surface area contributed by atoms with Crippen LogP contribution in [0.25, 0.3) is 10.9 Å². The van der Waals surface area contributed by atoms with Gasteiger partial charge in [0.1, 0.15) is 5.56 Å². The summed E-state index contributed by atoms with van der Waals surface area (Å²) >= 11 is 12.2. The van der Waals surface area contributed by atoms with E-state index in [1.165, 1.54) is 18.3 Å². The maximum Gasteiger partial charge on any atom is 0.416 e. The van der Waals surface area contributed by atoms with Crippen molar-refractivity contribution in [2.75, 3.05) is 11.9 Å². The van der Waals surface area contributed by atoms with Crippen molar-refractivity contribution in [3.8, 4) is 0 Å². The van der Waals surface area contributed by atoms with Crippen LogP contribution in [0.5, 0.6) is 0 Å². The van der Waals surface area contributed by atoms with Crippen molar-refractivity contribution in [1.82, 2.24) is 4.98 Å². The smallest absolute Gasteiger partial charge is 0.416 e. The number of ether oxygens (including phenoxy) is 1. The Morgan fingerprint density at radius 2 is 1.93 bits per heavy atom. The number of halogens is 5. The number of hydrogen-bond donors (Lipinski definition) is 1. The van der Waals surface area contributed by atoms with E-state index in [0.29, 0.717) is 21.1 Å². The van der Waals surface area contributed by atoms with E-state index in [2.05, 4.69) is 10.3 Å².